The fourth-order valence-electron chi connectivity index (χ4n) is 2.35. The van der Waals surface area contributed by atoms with Gasteiger partial charge in [-0.25, -0.2) is 9.97 Å². The van der Waals surface area contributed by atoms with Gasteiger partial charge in [0, 0.05) is 16.6 Å². The molecule has 23 heavy (non-hydrogen) atoms. The Balaban J connectivity index is 2.47. The molecule has 1 aromatic carbocycles. The first kappa shape index (κ1) is 18.3. The first-order chi connectivity index (χ1) is 11.0. The van der Waals surface area contributed by atoms with Crippen molar-refractivity contribution in [2.45, 2.75) is 46.1 Å². The lowest BCUT2D eigenvalue weighted by molar-refractivity contribution is 0.666. The summed E-state index contributed by atoms with van der Waals surface area (Å²) in [6, 6.07) is 5.62. The van der Waals surface area contributed by atoms with E-state index in [-0.39, 0.29) is 0 Å². The molecule has 0 amide bonds. The second kappa shape index (κ2) is 8.18. The molecule has 1 aromatic heterocycles. The zero-order chi connectivity index (χ0) is 17.0. The van der Waals surface area contributed by atoms with Gasteiger partial charge in [0.15, 0.2) is 5.15 Å². The molecule has 0 fully saturated rings. The fraction of sp³-hybridized carbons (Fsp3) is 0.412. The van der Waals surface area contributed by atoms with Crippen molar-refractivity contribution in [2.75, 3.05) is 5.32 Å². The van der Waals surface area contributed by atoms with Crippen molar-refractivity contribution in [3.8, 4) is 11.3 Å². The van der Waals surface area contributed by atoms with Crippen molar-refractivity contribution in [1.29, 1.82) is 0 Å². The zero-order valence-corrected chi connectivity index (χ0v) is 15.7. The van der Waals surface area contributed by atoms with E-state index in [0.29, 0.717) is 26.9 Å². The zero-order valence-electron chi connectivity index (χ0n) is 13.5. The number of halogens is 3. The summed E-state index contributed by atoms with van der Waals surface area (Å²) >= 11 is 18.6. The summed E-state index contributed by atoms with van der Waals surface area (Å²) in [5.41, 5.74) is 2.19. The van der Waals surface area contributed by atoms with Gasteiger partial charge in [0.05, 0.1) is 10.7 Å². The molecular weight excluding hydrogens is 353 g/mol. The summed E-state index contributed by atoms with van der Waals surface area (Å²) in [6.45, 7) is 6.33. The highest BCUT2D eigenvalue weighted by atomic mass is 35.5. The summed E-state index contributed by atoms with van der Waals surface area (Å²) in [5.74, 6) is 0.750. The lowest BCUT2D eigenvalue weighted by atomic mass is 10.1. The van der Waals surface area contributed by atoms with Crippen molar-refractivity contribution < 1.29 is 0 Å². The Morgan fingerprint density at radius 3 is 2.30 bits per heavy atom. The maximum Gasteiger partial charge on any atom is 0.157 e. The Morgan fingerprint density at radius 2 is 1.74 bits per heavy atom. The first-order valence-electron chi connectivity index (χ1n) is 7.78. The molecule has 1 N–H and O–H groups in total. The molecule has 0 spiro atoms. The smallest absolute Gasteiger partial charge is 0.157 e. The highest BCUT2D eigenvalue weighted by molar-refractivity contribution is 6.37. The number of aryl methyl sites for hydroxylation is 1. The van der Waals surface area contributed by atoms with Crippen LogP contribution in [0.5, 0.6) is 0 Å². The maximum absolute atomic E-state index is 6.37. The van der Waals surface area contributed by atoms with Crippen molar-refractivity contribution in [1.82, 2.24) is 9.97 Å². The fourth-order valence-corrected chi connectivity index (χ4v) is 3.08. The monoisotopic (exact) mass is 371 g/mol. The number of nitrogens with zero attached hydrogens (tertiary/aromatic N) is 2. The number of hydrogen-bond acceptors (Lipinski definition) is 3. The van der Waals surface area contributed by atoms with Crippen LogP contribution < -0.4 is 5.32 Å². The summed E-state index contributed by atoms with van der Waals surface area (Å²) in [6.07, 6.45) is 2.79. The second-order valence-corrected chi connectivity index (χ2v) is 6.50. The van der Waals surface area contributed by atoms with Crippen LogP contribution in [0.2, 0.25) is 15.2 Å². The van der Waals surface area contributed by atoms with E-state index in [1.807, 2.05) is 13.0 Å². The second-order valence-electron chi connectivity index (χ2n) is 5.29. The van der Waals surface area contributed by atoms with Crippen molar-refractivity contribution >= 4 is 40.6 Å². The van der Waals surface area contributed by atoms with Crippen LogP contribution in [0.3, 0.4) is 0 Å². The van der Waals surface area contributed by atoms with Gasteiger partial charge >= 0.3 is 0 Å². The Hall–Kier alpha value is -1.03. The lowest BCUT2D eigenvalue weighted by Crippen LogP contribution is -2.19. The molecule has 2 aromatic rings. The molecule has 3 nitrogen and oxygen atoms in total. The van der Waals surface area contributed by atoms with Gasteiger partial charge in [0.2, 0.25) is 0 Å². The van der Waals surface area contributed by atoms with Crippen molar-refractivity contribution in [3.05, 3.63) is 39.1 Å². The van der Waals surface area contributed by atoms with Crippen LogP contribution in [0, 0.1) is 0 Å². The largest absolute Gasteiger partial charge is 0.366 e. The highest BCUT2D eigenvalue weighted by Gasteiger charge is 2.17. The molecule has 0 bridgehead atoms. The Morgan fingerprint density at radius 1 is 1.04 bits per heavy atom. The number of nitrogens with one attached hydrogen (secondary N) is 1. The van der Waals surface area contributed by atoms with Crippen LogP contribution in [0.1, 0.15) is 39.3 Å². The normalized spacial score (nSPS) is 11.1. The van der Waals surface area contributed by atoms with Gasteiger partial charge < -0.3 is 5.32 Å². The maximum atomic E-state index is 6.37. The average molecular weight is 373 g/mol. The number of benzene rings is 1. The van der Waals surface area contributed by atoms with Gasteiger partial charge in [-0.2, -0.15) is 0 Å². The summed E-state index contributed by atoms with van der Waals surface area (Å²) in [5, 5.41) is 4.85. The topological polar surface area (TPSA) is 37.8 Å². The van der Waals surface area contributed by atoms with Gasteiger partial charge in [-0.15, -0.1) is 0 Å². The van der Waals surface area contributed by atoms with Crippen LogP contribution in [0.15, 0.2) is 18.2 Å². The summed E-state index contributed by atoms with van der Waals surface area (Å²) in [4.78, 5) is 9.21. The Bertz CT molecular complexity index is 685. The predicted molar refractivity (Wildman–Crippen MR) is 99.9 cm³/mol. The molecular formula is C17H20Cl3N3. The molecule has 124 valence electrons. The highest BCUT2D eigenvalue weighted by Crippen LogP contribution is 2.34. The third-order valence-corrected chi connectivity index (χ3v) is 4.58. The molecule has 0 radical (unpaired) electrons. The van der Waals surface area contributed by atoms with Gasteiger partial charge in [0.25, 0.3) is 0 Å². The predicted octanol–water partition coefficient (Wildman–Crippen LogP) is 6.27. The minimum absolute atomic E-state index is 0.333. The van der Waals surface area contributed by atoms with Gasteiger partial charge in [-0.1, -0.05) is 55.6 Å². The van der Waals surface area contributed by atoms with E-state index in [1.54, 1.807) is 12.1 Å². The molecule has 0 aliphatic carbocycles. The minimum atomic E-state index is 0.333. The van der Waals surface area contributed by atoms with Gasteiger partial charge in [-0.3, -0.25) is 0 Å². The van der Waals surface area contributed by atoms with E-state index in [2.05, 4.69) is 29.1 Å². The van der Waals surface area contributed by atoms with Crippen molar-refractivity contribution in [2.24, 2.45) is 0 Å². The molecule has 0 unspecified atom stereocenters. The standard InChI is InChI=1S/C17H20Cl3N3/c1-4-11(5-2)21-17-14(6-3)22-15(16(20)23-17)12-8-7-10(18)9-13(12)19/h7-9,11H,4-6H2,1-3H3,(H,21,23). The van der Waals surface area contributed by atoms with Gasteiger partial charge in [-0.05, 0) is 37.5 Å². The molecule has 0 aliphatic rings. The summed E-state index contributed by atoms with van der Waals surface area (Å²) < 4.78 is 0. The van der Waals surface area contributed by atoms with Crippen LogP contribution in [-0.4, -0.2) is 16.0 Å². The van der Waals surface area contributed by atoms with E-state index < -0.39 is 0 Å². The molecule has 6 heteroatoms. The van der Waals surface area contributed by atoms with Crippen molar-refractivity contribution in [3.63, 3.8) is 0 Å². The quantitative estimate of drug-likeness (QED) is 0.649. The molecule has 0 saturated carbocycles. The molecule has 0 saturated heterocycles. The van der Waals surface area contributed by atoms with Crippen LogP contribution >= 0.6 is 34.8 Å². The van der Waals surface area contributed by atoms with E-state index in [1.165, 1.54) is 0 Å². The van der Waals surface area contributed by atoms with Crippen LogP contribution in [0.25, 0.3) is 11.3 Å². The summed E-state index contributed by atoms with van der Waals surface area (Å²) in [7, 11) is 0. The number of hydrogen-bond donors (Lipinski definition) is 1. The van der Waals surface area contributed by atoms with E-state index >= 15 is 0 Å². The van der Waals surface area contributed by atoms with E-state index in [9.17, 15) is 0 Å². The Labute approximate surface area is 152 Å². The minimum Gasteiger partial charge on any atom is -0.366 e. The number of rotatable bonds is 6. The lowest BCUT2D eigenvalue weighted by Gasteiger charge is -2.18. The average Bonchev–Trinajstić information content (AvgIpc) is 2.53. The van der Waals surface area contributed by atoms with E-state index in [4.69, 9.17) is 34.8 Å². The molecule has 0 aliphatic heterocycles. The molecule has 0 atom stereocenters. The van der Waals surface area contributed by atoms with Gasteiger partial charge in [0.1, 0.15) is 11.5 Å². The molecule has 1 heterocycles. The van der Waals surface area contributed by atoms with E-state index in [0.717, 1.165) is 36.3 Å². The number of anilines is 1. The number of aromatic nitrogens is 2. The molecule has 2 rings (SSSR count). The third-order valence-electron chi connectivity index (χ3n) is 3.77. The Kier molecular flexibility index (Phi) is 6.51. The SMILES string of the molecule is CCc1nc(-c2ccc(Cl)cc2Cl)c(Cl)nc1NC(CC)CC. The first-order valence-corrected chi connectivity index (χ1v) is 8.91. The van der Waals surface area contributed by atoms with Crippen LogP contribution in [0.4, 0.5) is 5.82 Å². The van der Waals surface area contributed by atoms with Crippen LogP contribution in [-0.2, 0) is 6.42 Å². The third kappa shape index (κ3) is 4.28.